The quantitative estimate of drug-likeness (QED) is 0.767. The largest absolute Gasteiger partial charge is 0.497 e. The lowest BCUT2D eigenvalue weighted by Crippen LogP contribution is -2.27. The van der Waals surface area contributed by atoms with Crippen LogP contribution in [0.15, 0.2) is 36.9 Å². The van der Waals surface area contributed by atoms with Gasteiger partial charge in [0.15, 0.2) is 0 Å². The Labute approximate surface area is 91.2 Å². The third kappa shape index (κ3) is 2.83. The maximum atomic E-state index is 9.98. The summed E-state index contributed by atoms with van der Waals surface area (Å²) in [6.45, 7) is 7.31. The van der Waals surface area contributed by atoms with Gasteiger partial charge in [-0.2, -0.15) is 0 Å². The van der Waals surface area contributed by atoms with Crippen molar-refractivity contribution in [2.75, 3.05) is 7.11 Å². The van der Waals surface area contributed by atoms with Crippen LogP contribution in [0.25, 0.3) is 0 Å². The first kappa shape index (κ1) is 11.8. The molecule has 0 saturated heterocycles. The van der Waals surface area contributed by atoms with Crippen LogP contribution in [0, 0.1) is 0 Å². The molecule has 0 aliphatic carbocycles. The van der Waals surface area contributed by atoms with Crippen molar-refractivity contribution in [1.29, 1.82) is 0 Å². The van der Waals surface area contributed by atoms with Crippen LogP contribution in [0.2, 0.25) is 0 Å². The van der Waals surface area contributed by atoms with E-state index in [1.807, 2.05) is 24.3 Å². The van der Waals surface area contributed by atoms with Crippen LogP contribution in [0.4, 0.5) is 0 Å². The van der Waals surface area contributed by atoms with Crippen LogP contribution in [0.3, 0.4) is 0 Å². The smallest absolute Gasteiger partial charge is 0.119 e. The molecule has 0 saturated carbocycles. The van der Waals surface area contributed by atoms with Crippen molar-refractivity contribution in [2.45, 2.75) is 25.4 Å². The van der Waals surface area contributed by atoms with Crippen molar-refractivity contribution in [3.05, 3.63) is 42.5 Å². The van der Waals surface area contributed by atoms with Crippen molar-refractivity contribution < 1.29 is 9.84 Å². The van der Waals surface area contributed by atoms with E-state index in [1.54, 1.807) is 27.0 Å². The Morgan fingerprint density at radius 1 is 1.47 bits per heavy atom. The van der Waals surface area contributed by atoms with Gasteiger partial charge in [0.2, 0.25) is 0 Å². The second kappa shape index (κ2) is 4.49. The van der Waals surface area contributed by atoms with Crippen LogP contribution >= 0.6 is 0 Å². The SMILES string of the molecule is C=C[C@@H](c1cccc(OC)c1)C(C)(C)O. The highest BCUT2D eigenvalue weighted by Gasteiger charge is 2.25. The van der Waals surface area contributed by atoms with Gasteiger partial charge in [0.25, 0.3) is 0 Å². The van der Waals surface area contributed by atoms with Crippen molar-refractivity contribution in [3.8, 4) is 5.75 Å². The summed E-state index contributed by atoms with van der Waals surface area (Å²) in [7, 11) is 1.63. The van der Waals surface area contributed by atoms with Gasteiger partial charge in [-0.1, -0.05) is 18.2 Å². The molecule has 1 N–H and O–H groups in total. The highest BCUT2D eigenvalue weighted by molar-refractivity contribution is 5.34. The minimum atomic E-state index is -0.811. The lowest BCUT2D eigenvalue weighted by atomic mass is 9.85. The van der Waals surface area contributed by atoms with E-state index < -0.39 is 5.60 Å². The van der Waals surface area contributed by atoms with Crippen LogP contribution < -0.4 is 4.74 Å². The molecule has 1 aromatic carbocycles. The number of methoxy groups -OCH3 is 1. The molecule has 0 bridgehead atoms. The first-order valence-electron chi connectivity index (χ1n) is 4.98. The molecule has 0 aliphatic rings. The second-order valence-electron chi connectivity index (χ2n) is 4.14. The predicted molar refractivity (Wildman–Crippen MR) is 62.2 cm³/mol. The number of hydrogen-bond donors (Lipinski definition) is 1. The van der Waals surface area contributed by atoms with E-state index >= 15 is 0 Å². The average molecular weight is 206 g/mol. The van der Waals surface area contributed by atoms with E-state index in [2.05, 4.69) is 6.58 Å². The molecular formula is C13H18O2. The fraction of sp³-hybridized carbons (Fsp3) is 0.385. The van der Waals surface area contributed by atoms with Crippen LogP contribution in [0.1, 0.15) is 25.3 Å². The molecule has 0 amide bonds. The lowest BCUT2D eigenvalue weighted by molar-refractivity contribution is 0.0652. The van der Waals surface area contributed by atoms with Gasteiger partial charge in [-0.3, -0.25) is 0 Å². The molecule has 0 unspecified atom stereocenters. The maximum absolute atomic E-state index is 9.98. The molecule has 0 aliphatic heterocycles. The third-order valence-electron chi connectivity index (χ3n) is 2.45. The molecule has 2 heteroatoms. The topological polar surface area (TPSA) is 29.5 Å². The number of aliphatic hydroxyl groups is 1. The highest BCUT2D eigenvalue weighted by Crippen LogP contribution is 2.30. The van der Waals surface area contributed by atoms with E-state index in [9.17, 15) is 5.11 Å². The molecule has 0 fully saturated rings. The van der Waals surface area contributed by atoms with E-state index in [4.69, 9.17) is 4.74 Å². The average Bonchev–Trinajstić information content (AvgIpc) is 2.17. The van der Waals surface area contributed by atoms with E-state index in [0.29, 0.717) is 0 Å². The minimum Gasteiger partial charge on any atom is -0.497 e. The zero-order valence-electron chi connectivity index (χ0n) is 9.53. The number of ether oxygens (including phenoxy) is 1. The van der Waals surface area contributed by atoms with E-state index in [-0.39, 0.29) is 5.92 Å². The summed E-state index contributed by atoms with van der Waals surface area (Å²) in [6.07, 6.45) is 1.76. The van der Waals surface area contributed by atoms with Gasteiger partial charge >= 0.3 is 0 Å². The summed E-state index contributed by atoms with van der Waals surface area (Å²) >= 11 is 0. The Balaban J connectivity index is 3.07. The Morgan fingerprint density at radius 3 is 2.60 bits per heavy atom. The van der Waals surface area contributed by atoms with Crippen LogP contribution in [-0.4, -0.2) is 17.8 Å². The van der Waals surface area contributed by atoms with Gasteiger partial charge in [-0.25, -0.2) is 0 Å². The van der Waals surface area contributed by atoms with Gasteiger partial charge in [-0.05, 0) is 31.5 Å². The fourth-order valence-corrected chi connectivity index (χ4v) is 1.67. The van der Waals surface area contributed by atoms with Crippen molar-refractivity contribution in [2.24, 2.45) is 0 Å². The summed E-state index contributed by atoms with van der Waals surface area (Å²) in [5.41, 5.74) is 0.200. The molecule has 0 radical (unpaired) electrons. The predicted octanol–water partition coefficient (Wildman–Crippen LogP) is 2.74. The summed E-state index contributed by atoms with van der Waals surface area (Å²) in [4.78, 5) is 0. The molecule has 82 valence electrons. The number of hydrogen-bond acceptors (Lipinski definition) is 2. The molecular weight excluding hydrogens is 188 g/mol. The Kier molecular flexibility index (Phi) is 3.53. The monoisotopic (exact) mass is 206 g/mol. The molecule has 1 aromatic rings. The van der Waals surface area contributed by atoms with E-state index in [0.717, 1.165) is 11.3 Å². The maximum Gasteiger partial charge on any atom is 0.119 e. The molecule has 0 heterocycles. The fourth-order valence-electron chi connectivity index (χ4n) is 1.67. The Morgan fingerprint density at radius 2 is 2.13 bits per heavy atom. The first-order valence-corrected chi connectivity index (χ1v) is 4.98. The van der Waals surface area contributed by atoms with Crippen molar-refractivity contribution >= 4 is 0 Å². The lowest BCUT2D eigenvalue weighted by Gasteiger charge is -2.27. The summed E-state index contributed by atoms with van der Waals surface area (Å²) < 4.78 is 5.15. The Hall–Kier alpha value is -1.28. The summed E-state index contributed by atoms with van der Waals surface area (Å²) in [5, 5.41) is 9.98. The molecule has 0 spiro atoms. The molecule has 0 aromatic heterocycles. The standard InChI is InChI=1S/C13H18O2/c1-5-12(13(2,3)14)10-7-6-8-11(9-10)15-4/h5-9,12,14H,1H2,2-4H3/t12-/m0/s1. The van der Waals surface area contributed by atoms with Crippen LogP contribution in [0.5, 0.6) is 5.75 Å². The summed E-state index contributed by atoms with van der Waals surface area (Å²) in [5.74, 6) is 0.705. The minimum absolute atomic E-state index is 0.0902. The zero-order valence-corrected chi connectivity index (χ0v) is 9.53. The van der Waals surface area contributed by atoms with E-state index in [1.165, 1.54) is 0 Å². The van der Waals surface area contributed by atoms with Crippen molar-refractivity contribution in [1.82, 2.24) is 0 Å². The van der Waals surface area contributed by atoms with Gasteiger partial charge < -0.3 is 9.84 Å². The zero-order chi connectivity index (χ0) is 11.5. The van der Waals surface area contributed by atoms with Gasteiger partial charge in [-0.15, -0.1) is 6.58 Å². The first-order chi connectivity index (χ1) is 6.99. The van der Waals surface area contributed by atoms with Gasteiger partial charge in [0.1, 0.15) is 5.75 Å². The number of rotatable bonds is 4. The van der Waals surface area contributed by atoms with Crippen molar-refractivity contribution in [3.63, 3.8) is 0 Å². The second-order valence-corrected chi connectivity index (χ2v) is 4.14. The normalized spacial score (nSPS) is 13.3. The van der Waals surface area contributed by atoms with Gasteiger partial charge in [0, 0.05) is 5.92 Å². The molecule has 2 nitrogen and oxygen atoms in total. The third-order valence-corrected chi connectivity index (χ3v) is 2.45. The summed E-state index contributed by atoms with van der Waals surface area (Å²) in [6, 6.07) is 7.68. The Bertz CT molecular complexity index is 337. The molecule has 15 heavy (non-hydrogen) atoms. The van der Waals surface area contributed by atoms with Gasteiger partial charge in [0.05, 0.1) is 12.7 Å². The molecule has 1 atom stereocenters. The highest BCUT2D eigenvalue weighted by atomic mass is 16.5. The molecule has 1 rings (SSSR count). The van der Waals surface area contributed by atoms with Crippen LogP contribution in [-0.2, 0) is 0 Å². The number of benzene rings is 1.